The van der Waals surface area contributed by atoms with Crippen molar-refractivity contribution in [2.24, 2.45) is 0 Å². The molecule has 5 heteroatoms. The molecule has 0 radical (unpaired) electrons. The Labute approximate surface area is 115 Å². The molecular formula is C14H15NO3S. The van der Waals surface area contributed by atoms with Crippen LogP contribution < -0.4 is 10.1 Å². The van der Waals surface area contributed by atoms with Gasteiger partial charge in [-0.05, 0) is 24.1 Å². The SMILES string of the molecule is COc1csc(C(=O)Nc2ccc(CCO)cc2)c1. The Morgan fingerprint density at radius 2 is 2.11 bits per heavy atom. The number of hydrogen-bond donors (Lipinski definition) is 2. The molecule has 0 unspecified atom stereocenters. The predicted molar refractivity (Wildman–Crippen MR) is 76.1 cm³/mol. The summed E-state index contributed by atoms with van der Waals surface area (Å²) >= 11 is 1.34. The fourth-order valence-electron chi connectivity index (χ4n) is 1.62. The van der Waals surface area contributed by atoms with Crippen LogP contribution in [-0.4, -0.2) is 24.7 Å². The van der Waals surface area contributed by atoms with Gasteiger partial charge in [-0.1, -0.05) is 12.1 Å². The van der Waals surface area contributed by atoms with E-state index in [0.29, 0.717) is 17.0 Å². The van der Waals surface area contributed by atoms with Crippen LogP contribution in [0.2, 0.25) is 0 Å². The van der Waals surface area contributed by atoms with Gasteiger partial charge in [-0.2, -0.15) is 0 Å². The van der Waals surface area contributed by atoms with Crippen molar-refractivity contribution in [3.05, 3.63) is 46.2 Å². The number of benzene rings is 1. The number of amides is 1. The first-order chi connectivity index (χ1) is 9.22. The molecule has 2 aromatic rings. The molecular weight excluding hydrogens is 262 g/mol. The summed E-state index contributed by atoms with van der Waals surface area (Å²) in [6, 6.07) is 9.14. The van der Waals surface area contributed by atoms with Gasteiger partial charge >= 0.3 is 0 Å². The smallest absolute Gasteiger partial charge is 0.265 e. The molecule has 1 aromatic carbocycles. The predicted octanol–water partition coefficient (Wildman–Crippen LogP) is 2.54. The minimum absolute atomic E-state index is 0.126. The maximum absolute atomic E-state index is 12.0. The number of nitrogens with one attached hydrogen (secondary N) is 1. The molecule has 0 aliphatic heterocycles. The topological polar surface area (TPSA) is 58.6 Å². The third kappa shape index (κ3) is 3.56. The van der Waals surface area contributed by atoms with Crippen molar-refractivity contribution >= 4 is 22.9 Å². The summed E-state index contributed by atoms with van der Waals surface area (Å²) in [5, 5.41) is 13.4. The molecule has 0 fully saturated rings. The zero-order valence-electron chi connectivity index (χ0n) is 10.6. The molecule has 1 aromatic heterocycles. The van der Waals surface area contributed by atoms with E-state index in [1.165, 1.54) is 11.3 Å². The van der Waals surface area contributed by atoms with Crippen LogP contribution >= 0.6 is 11.3 Å². The van der Waals surface area contributed by atoms with Gasteiger partial charge in [-0.3, -0.25) is 4.79 Å². The van der Waals surface area contributed by atoms with Crippen molar-refractivity contribution in [2.75, 3.05) is 19.0 Å². The summed E-state index contributed by atoms with van der Waals surface area (Å²) in [6.07, 6.45) is 0.621. The van der Waals surface area contributed by atoms with E-state index in [9.17, 15) is 4.79 Å². The number of rotatable bonds is 5. The number of methoxy groups -OCH3 is 1. The van der Waals surface area contributed by atoms with E-state index in [1.807, 2.05) is 24.3 Å². The number of aliphatic hydroxyl groups is 1. The molecule has 1 heterocycles. The number of aliphatic hydroxyl groups excluding tert-OH is 1. The van der Waals surface area contributed by atoms with Crippen molar-refractivity contribution < 1.29 is 14.6 Å². The minimum Gasteiger partial charge on any atom is -0.496 e. The average molecular weight is 277 g/mol. The highest BCUT2D eigenvalue weighted by Crippen LogP contribution is 2.22. The monoisotopic (exact) mass is 277 g/mol. The van der Waals surface area contributed by atoms with Crippen LogP contribution in [0.4, 0.5) is 5.69 Å². The lowest BCUT2D eigenvalue weighted by atomic mass is 10.1. The van der Waals surface area contributed by atoms with E-state index >= 15 is 0 Å². The van der Waals surface area contributed by atoms with Gasteiger partial charge in [0.05, 0.1) is 12.0 Å². The van der Waals surface area contributed by atoms with Crippen molar-refractivity contribution in [1.82, 2.24) is 0 Å². The second-order valence-corrected chi connectivity index (χ2v) is 4.89. The summed E-state index contributed by atoms with van der Waals surface area (Å²) in [5.41, 5.74) is 1.78. The van der Waals surface area contributed by atoms with E-state index in [4.69, 9.17) is 9.84 Å². The number of ether oxygens (including phenoxy) is 1. The van der Waals surface area contributed by atoms with Crippen molar-refractivity contribution in [1.29, 1.82) is 0 Å². The summed E-state index contributed by atoms with van der Waals surface area (Å²) in [5.74, 6) is 0.539. The van der Waals surface area contributed by atoms with Crippen LogP contribution in [0.3, 0.4) is 0 Å². The number of thiophene rings is 1. The van der Waals surface area contributed by atoms with Crippen LogP contribution in [-0.2, 0) is 6.42 Å². The van der Waals surface area contributed by atoms with E-state index < -0.39 is 0 Å². The quantitative estimate of drug-likeness (QED) is 0.883. The fourth-order valence-corrected chi connectivity index (χ4v) is 2.37. The summed E-state index contributed by atoms with van der Waals surface area (Å²) < 4.78 is 5.04. The first-order valence-corrected chi connectivity index (χ1v) is 6.74. The van der Waals surface area contributed by atoms with Gasteiger partial charge in [0.25, 0.3) is 5.91 Å². The molecule has 1 amide bonds. The van der Waals surface area contributed by atoms with E-state index in [0.717, 1.165) is 11.3 Å². The highest BCUT2D eigenvalue weighted by Gasteiger charge is 2.09. The Bertz CT molecular complexity index is 548. The highest BCUT2D eigenvalue weighted by atomic mass is 32.1. The largest absolute Gasteiger partial charge is 0.496 e. The minimum atomic E-state index is -0.150. The van der Waals surface area contributed by atoms with Crippen molar-refractivity contribution in [3.8, 4) is 5.75 Å². The maximum Gasteiger partial charge on any atom is 0.265 e. The van der Waals surface area contributed by atoms with Crippen molar-refractivity contribution in [3.63, 3.8) is 0 Å². The van der Waals surface area contributed by atoms with Gasteiger partial charge in [0.2, 0.25) is 0 Å². The third-order valence-electron chi connectivity index (χ3n) is 2.65. The molecule has 0 aliphatic rings. The van der Waals surface area contributed by atoms with Gasteiger partial charge in [-0.25, -0.2) is 0 Å². The third-order valence-corrected chi connectivity index (χ3v) is 3.55. The van der Waals surface area contributed by atoms with Gasteiger partial charge in [0, 0.05) is 23.7 Å². The number of hydrogen-bond acceptors (Lipinski definition) is 4. The Morgan fingerprint density at radius 3 is 2.68 bits per heavy atom. The summed E-state index contributed by atoms with van der Waals surface area (Å²) in [7, 11) is 1.57. The molecule has 0 atom stereocenters. The lowest BCUT2D eigenvalue weighted by Gasteiger charge is -2.04. The summed E-state index contributed by atoms with van der Waals surface area (Å²) in [6.45, 7) is 0.126. The second-order valence-electron chi connectivity index (χ2n) is 3.98. The molecule has 0 saturated heterocycles. The normalized spacial score (nSPS) is 10.2. The van der Waals surface area contributed by atoms with Gasteiger partial charge in [0.15, 0.2) is 0 Å². The van der Waals surface area contributed by atoms with Crippen LogP contribution in [0, 0.1) is 0 Å². The standard InChI is InChI=1S/C14H15NO3S/c1-18-12-8-13(19-9-12)14(17)15-11-4-2-10(3-5-11)6-7-16/h2-5,8-9,16H,6-7H2,1H3,(H,15,17). The molecule has 19 heavy (non-hydrogen) atoms. The molecule has 2 N–H and O–H groups in total. The van der Waals surface area contributed by atoms with E-state index in [2.05, 4.69) is 5.32 Å². The van der Waals surface area contributed by atoms with Crippen LogP contribution in [0.25, 0.3) is 0 Å². The zero-order chi connectivity index (χ0) is 13.7. The Balaban J connectivity index is 2.01. The van der Waals surface area contributed by atoms with Crippen LogP contribution in [0.1, 0.15) is 15.2 Å². The first-order valence-electron chi connectivity index (χ1n) is 5.86. The fraction of sp³-hybridized carbons (Fsp3) is 0.214. The zero-order valence-corrected chi connectivity index (χ0v) is 11.4. The van der Waals surface area contributed by atoms with E-state index in [1.54, 1.807) is 18.6 Å². The molecule has 0 bridgehead atoms. The number of carbonyl (C=O) groups excluding carboxylic acids is 1. The highest BCUT2D eigenvalue weighted by molar-refractivity contribution is 7.12. The van der Waals surface area contributed by atoms with Gasteiger partial charge in [-0.15, -0.1) is 11.3 Å². The second kappa shape index (κ2) is 6.36. The van der Waals surface area contributed by atoms with Gasteiger partial charge in [0.1, 0.15) is 5.75 Å². The summed E-state index contributed by atoms with van der Waals surface area (Å²) in [4.78, 5) is 12.6. The van der Waals surface area contributed by atoms with Gasteiger partial charge < -0.3 is 15.2 Å². The molecule has 2 rings (SSSR count). The molecule has 4 nitrogen and oxygen atoms in total. The Hall–Kier alpha value is -1.85. The molecule has 0 aliphatic carbocycles. The lowest BCUT2D eigenvalue weighted by molar-refractivity contribution is 0.103. The van der Waals surface area contributed by atoms with Crippen molar-refractivity contribution in [2.45, 2.75) is 6.42 Å². The molecule has 0 spiro atoms. The van der Waals surface area contributed by atoms with Crippen LogP contribution in [0.5, 0.6) is 5.75 Å². The number of carbonyl (C=O) groups is 1. The maximum atomic E-state index is 12.0. The lowest BCUT2D eigenvalue weighted by Crippen LogP contribution is -2.10. The Morgan fingerprint density at radius 1 is 1.37 bits per heavy atom. The van der Waals surface area contributed by atoms with E-state index in [-0.39, 0.29) is 12.5 Å². The Kier molecular flexibility index (Phi) is 4.54. The average Bonchev–Trinajstić information content (AvgIpc) is 2.90. The number of anilines is 1. The molecule has 0 saturated carbocycles. The molecule has 100 valence electrons. The van der Waals surface area contributed by atoms with Crippen LogP contribution in [0.15, 0.2) is 35.7 Å². The first kappa shape index (κ1) is 13.6.